The van der Waals surface area contributed by atoms with Crippen LogP contribution in [0.5, 0.6) is 0 Å². The second kappa shape index (κ2) is 8.47. The zero-order valence-electron chi connectivity index (χ0n) is 19.0. The molecule has 1 saturated heterocycles. The van der Waals surface area contributed by atoms with Crippen molar-refractivity contribution in [3.63, 3.8) is 0 Å². The molecule has 1 fully saturated rings. The molecule has 0 aliphatic carbocycles. The number of hydrogen-bond acceptors (Lipinski definition) is 6. The number of fused-ring (bicyclic) bond motifs is 2. The third-order valence-electron chi connectivity index (χ3n) is 7.68. The summed E-state index contributed by atoms with van der Waals surface area (Å²) in [6, 6.07) is 8.22. The number of nitrogens with zero attached hydrogens (tertiary/aromatic N) is 6. The molecule has 33 heavy (non-hydrogen) atoms. The lowest BCUT2D eigenvalue weighted by atomic mass is 9.77. The number of pyridine rings is 2. The molecule has 3 aromatic rings. The largest absolute Gasteiger partial charge is 0.299 e. The maximum absolute atomic E-state index is 13.5. The summed E-state index contributed by atoms with van der Waals surface area (Å²) < 4.78 is 2.00. The second-order valence-electron chi connectivity index (χ2n) is 9.98. The van der Waals surface area contributed by atoms with Crippen LogP contribution in [0.3, 0.4) is 0 Å². The maximum Gasteiger partial charge on any atom is 0.258 e. The lowest BCUT2D eigenvalue weighted by molar-refractivity contribution is 0.0977. The molecule has 0 N–H and O–H groups in total. The van der Waals surface area contributed by atoms with Gasteiger partial charge >= 0.3 is 0 Å². The van der Waals surface area contributed by atoms with Gasteiger partial charge in [0.05, 0.1) is 11.3 Å². The van der Waals surface area contributed by atoms with Crippen LogP contribution in [0.2, 0.25) is 0 Å². The standard InChI is InChI=1S/C26H30N6O/c33-25-22-18-31(17-21-4-2-9-28-15-21)10-5-23(22)29-24-13-26(19-32(24)25)6-11-30(12-7-26)16-20-3-1-8-27-14-20/h1-4,8-9,14-15H,5-7,10-13,16-19H2. The first kappa shape index (κ1) is 20.7. The van der Waals surface area contributed by atoms with Crippen LogP contribution >= 0.6 is 0 Å². The molecule has 6 rings (SSSR count). The first-order valence-electron chi connectivity index (χ1n) is 12.0. The molecule has 0 unspecified atom stereocenters. The van der Waals surface area contributed by atoms with Gasteiger partial charge in [0.25, 0.3) is 5.56 Å². The van der Waals surface area contributed by atoms with Crippen molar-refractivity contribution < 1.29 is 0 Å². The number of piperidine rings is 1. The average Bonchev–Trinajstić information content (AvgIpc) is 3.21. The van der Waals surface area contributed by atoms with E-state index in [0.29, 0.717) is 6.54 Å². The second-order valence-corrected chi connectivity index (χ2v) is 9.98. The highest BCUT2D eigenvalue weighted by Gasteiger charge is 2.42. The molecule has 0 aromatic carbocycles. The summed E-state index contributed by atoms with van der Waals surface area (Å²) in [5.41, 5.74) is 4.77. The maximum atomic E-state index is 13.5. The molecule has 3 aliphatic heterocycles. The lowest BCUT2D eigenvalue weighted by Crippen LogP contribution is -2.41. The Morgan fingerprint density at radius 1 is 0.909 bits per heavy atom. The summed E-state index contributed by atoms with van der Waals surface area (Å²) in [4.78, 5) is 31.9. The smallest absolute Gasteiger partial charge is 0.258 e. The predicted molar refractivity (Wildman–Crippen MR) is 125 cm³/mol. The molecule has 1 spiro atoms. The van der Waals surface area contributed by atoms with Crippen LogP contribution in [-0.2, 0) is 39.0 Å². The molecule has 0 saturated carbocycles. The minimum Gasteiger partial charge on any atom is -0.299 e. The number of rotatable bonds is 4. The van der Waals surface area contributed by atoms with Gasteiger partial charge in [0.15, 0.2) is 0 Å². The van der Waals surface area contributed by atoms with Gasteiger partial charge in [-0.1, -0.05) is 12.1 Å². The minimum absolute atomic E-state index is 0.184. The molecule has 3 aliphatic rings. The zero-order chi connectivity index (χ0) is 22.3. The van der Waals surface area contributed by atoms with Crippen molar-refractivity contribution in [3.8, 4) is 0 Å². The molecule has 3 aromatic heterocycles. The van der Waals surface area contributed by atoms with E-state index in [-0.39, 0.29) is 11.0 Å². The van der Waals surface area contributed by atoms with Gasteiger partial charge in [-0.2, -0.15) is 0 Å². The average molecular weight is 443 g/mol. The number of aromatic nitrogens is 4. The van der Waals surface area contributed by atoms with E-state index >= 15 is 0 Å². The van der Waals surface area contributed by atoms with Crippen LogP contribution in [0.15, 0.2) is 53.8 Å². The topological polar surface area (TPSA) is 67.2 Å². The summed E-state index contributed by atoms with van der Waals surface area (Å²) in [6.07, 6.45) is 11.5. The fourth-order valence-electron chi connectivity index (χ4n) is 5.80. The summed E-state index contributed by atoms with van der Waals surface area (Å²) in [5.74, 6) is 1.01. The van der Waals surface area contributed by atoms with Crippen LogP contribution in [0.1, 0.15) is 41.1 Å². The van der Waals surface area contributed by atoms with Crippen LogP contribution in [0.25, 0.3) is 0 Å². The molecule has 0 bridgehead atoms. The van der Waals surface area contributed by atoms with Crippen molar-refractivity contribution in [1.29, 1.82) is 0 Å². The number of hydrogen-bond donors (Lipinski definition) is 0. The van der Waals surface area contributed by atoms with Crippen LogP contribution in [-0.4, -0.2) is 49.0 Å². The van der Waals surface area contributed by atoms with Crippen LogP contribution < -0.4 is 5.56 Å². The van der Waals surface area contributed by atoms with Gasteiger partial charge in [0.1, 0.15) is 5.82 Å². The molecule has 0 radical (unpaired) electrons. The normalized spacial score (nSPS) is 20.0. The third-order valence-corrected chi connectivity index (χ3v) is 7.68. The van der Waals surface area contributed by atoms with Crippen molar-refractivity contribution in [2.75, 3.05) is 19.6 Å². The van der Waals surface area contributed by atoms with Gasteiger partial charge in [-0.3, -0.25) is 29.1 Å². The van der Waals surface area contributed by atoms with E-state index in [1.807, 2.05) is 35.3 Å². The SMILES string of the molecule is O=c1c2c(nc3n1CC1(CCN(Cc4cccnc4)CC1)C3)CCN(Cc1cccnc1)C2. The fraction of sp³-hybridized carbons (Fsp3) is 0.462. The van der Waals surface area contributed by atoms with E-state index in [1.54, 1.807) is 6.20 Å². The molecular formula is C26H30N6O. The van der Waals surface area contributed by atoms with Gasteiger partial charge in [-0.15, -0.1) is 0 Å². The molecule has 7 heteroatoms. The summed E-state index contributed by atoms with van der Waals surface area (Å²) in [7, 11) is 0. The van der Waals surface area contributed by atoms with Crippen molar-refractivity contribution in [2.45, 2.75) is 51.9 Å². The van der Waals surface area contributed by atoms with Crippen molar-refractivity contribution in [3.05, 3.63) is 87.6 Å². The molecule has 170 valence electrons. The van der Waals surface area contributed by atoms with Crippen molar-refractivity contribution in [2.24, 2.45) is 5.41 Å². The first-order chi connectivity index (χ1) is 16.2. The van der Waals surface area contributed by atoms with E-state index in [2.05, 4.69) is 31.9 Å². The van der Waals surface area contributed by atoms with E-state index in [1.165, 1.54) is 11.1 Å². The molecule has 0 amide bonds. The van der Waals surface area contributed by atoms with Gasteiger partial charge < -0.3 is 0 Å². The Morgan fingerprint density at radius 3 is 2.27 bits per heavy atom. The first-order valence-corrected chi connectivity index (χ1v) is 12.0. The van der Waals surface area contributed by atoms with Gasteiger partial charge in [0.2, 0.25) is 0 Å². The molecular weight excluding hydrogens is 412 g/mol. The Kier molecular flexibility index (Phi) is 5.31. The number of likely N-dealkylation sites (tertiary alicyclic amines) is 1. The Labute approximate surface area is 194 Å². The van der Waals surface area contributed by atoms with E-state index in [0.717, 1.165) is 82.0 Å². The van der Waals surface area contributed by atoms with Crippen LogP contribution in [0, 0.1) is 5.41 Å². The quantitative estimate of drug-likeness (QED) is 0.618. The Hall–Kier alpha value is -2.90. The minimum atomic E-state index is 0.184. The van der Waals surface area contributed by atoms with E-state index < -0.39 is 0 Å². The Morgan fingerprint density at radius 2 is 1.61 bits per heavy atom. The lowest BCUT2D eigenvalue weighted by Gasteiger charge is -2.38. The summed E-state index contributed by atoms with van der Waals surface area (Å²) >= 11 is 0. The summed E-state index contributed by atoms with van der Waals surface area (Å²) in [6.45, 7) is 6.35. The van der Waals surface area contributed by atoms with Crippen molar-refractivity contribution >= 4 is 0 Å². The van der Waals surface area contributed by atoms with Gasteiger partial charge in [0, 0.05) is 70.4 Å². The predicted octanol–water partition coefficient (Wildman–Crippen LogP) is 2.43. The van der Waals surface area contributed by atoms with Crippen LogP contribution in [0.4, 0.5) is 0 Å². The highest BCUT2D eigenvalue weighted by molar-refractivity contribution is 5.25. The van der Waals surface area contributed by atoms with E-state index in [4.69, 9.17) is 4.98 Å². The van der Waals surface area contributed by atoms with Crippen molar-refractivity contribution in [1.82, 2.24) is 29.3 Å². The van der Waals surface area contributed by atoms with Gasteiger partial charge in [-0.05, 0) is 54.6 Å². The summed E-state index contributed by atoms with van der Waals surface area (Å²) in [5, 5.41) is 0. The van der Waals surface area contributed by atoms with E-state index in [9.17, 15) is 4.79 Å². The Bertz CT molecular complexity index is 1180. The highest BCUT2D eigenvalue weighted by Crippen LogP contribution is 2.41. The molecule has 6 heterocycles. The fourth-order valence-corrected chi connectivity index (χ4v) is 5.80. The highest BCUT2D eigenvalue weighted by atomic mass is 16.1. The van der Waals surface area contributed by atoms with Gasteiger partial charge in [-0.25, -0.2) is 4.98 Å². The zero-order valence-corrected chi connectivity index (χ0v) is 19.0. The molecule has 0 atom stereocenters. The Balaban J connectivity index is 1.15. The monoisotopic (exact) mass is 442 g/mol. The third kappa shape index (κ3) is 4.11. The molecule has 7 nitrogen and oxygen atoms in total.